The number of nitrogens with zero attached hydrogens (tertiary/aromatic N) is 1. The molecular formula is C27H30FNO5. The zero-order valence-corrected chi connectivity index (χ0v) is 19.8. The normalized spacial score (nSPS) is 27.6. The monoisotopic (exact) mass is 467 g/mol. The van der Waals surface area contributed by atoms with Crippen LogP contribution >= 0.6 is 0 Å². The lowest BCUT2D eigenvalue weighted by Crippen LogP contribution is -2.41. The number of carbonyl (C=O) groups excluding carboxylic acids is 2. The minimum Gasteiger partial charge on any atom is -0.493 e. The molecule has 0 amide bonds. The van der Waals surface area contributed by atoms with Gasteiger partial charge in [-0.05, 0) is 67.5 Å². The molecule has 0 N–H and O–H groups in total. The standard InChI is InChI=1S/C27H30FNO5/c1-32-22-11-18-10-19(25(30)21(18)12-23(22)33-2)13-27(28)14-20-8-9-24(27)29(20)15-16-4-6-17(7-5-16)26(31)34-3/h4-7,11-12,19-20,24H,8-10,13-15H2,1-3H3. The minimum absolute atomic E-state index is 0.000649. The number of hydrogen-bond acceptors (Lipinski definition) is 6. The van der Waals surface area contributed by atoms with Crippen LogP contribution in [0.1, 0.15) is 57.5 Å². The van der Waals surface area contributed by atoms with Crippen LogP contribution in [0.25, 0.3) is 0 Å². The molecule has 34 heavy (non-hydrogen) atoms. The van der Waals surface area contributed by atoms with Gasteiger partial charge in [0.15, 0.2) is 17.3 Å². The molecule has 4 atom stereocenters. The van der Waals surface area contributed by atoms with Crippen molar-refractivity contribution >= 4 is 11.8 Å². The highest BCUT2D eigenvalue weighted by molar-refractivity contribution is 6.03. The van der Waals surface area contributed by atoms with E-state index in [2.05, 4.69) is 4.90 Å². The Morgan fingerprint density at radius 2 is 1.79 bits per heavy atom. The molecule has 0 saturated carbocycles. The van der Waals surface area contributed by atoms with Crippen LogP contribution in [-0.2, 0) is 17.7 Å². The van der Waals surface area contributed by atoms with Crippen molar-refractivity contribution in [3.8, 4) is 11.5 Å². The predicted molar refractivity (Wildman–Crippen MR) is 124 cm³/mol. The van der Waals surface area contributed by atoms with Crippen LogP contribution in [-0.4, -0.2) is 55.7 Å². The topological polar surface area (TPSA) is 65.1 Å². The molecule has 0 aromatic heterocycles. The predicted octanol–water partition coefficient (Wildman–Crippen LogP) is 4.38. The molecule has 1 aliphatic carbocycles. The van der Waals surface area contributed by atoms with E-state index in [9.17, 15) is 9.59 Å². The summed E-state index contributed by atoms with van der Waals surface area (Å²) in [7, 11) is 4.48. The highest BCUT2D eigenvalue weighted by Crippen LogP contribution is 2.51. The van der Waals surface area contributed by atoms with Gasteiger partial charge in [-0.1, -0.05) is 12.1 Å². The summed E-state index contributed by atoms with van der Waals surface area (Å²) in [6.45, 7) is 0.635. The fourth-order valence-electron chi connectivity index (χ4n) is 6.24. The van der Waals surface area contributed by atoms with Crippen molar-refractivity contribution in [2.45, 2.75) is 56.4 Å². The lowest BCUT2D eigenvalue weighted by atomic mass is 9.79. The maximum atomic E-state index is 16.4. The Morgan fingerprint density at radius 3 is 2.47 bits per heavy atom. The summed E-state index contributed by atoms with van der Waals surface area (Å²) in [5.74, 6) is 0.384. The SMILES string of the molecule is COC(=O)c1ccc(CN2C3CCC2C(F)(CC2Cc4cc(OC)c(OC)cc4C2=O)C3)cc1. The molecule has 5 rings (SSSR count). The Hall–Kier alpha value is -2.93. The van der Waals surface area contributed by atoms with Gasteiger partial charge in [0.05, 0.1) is 26.9 Å². The van der Waals surface area contributed by atoms with Gasteiger partial charge in [-0.25, -0.2) is 9.18 Å². The van der Waals surface area contributed by atoms with Gasteiger partial charge >= 0.3 is 5.97 Å². The van der Waals surface area contributed by atoms with Crippen molar-refractivity contribution in [3.05, 3.63) is 58.7 Å². The molecule has 0 spiro atoms. The third-order valence-corrected chi connectivity index (χ3v) is 7.85. The Morgan fingerprint density at radius 1 is 1.09 bits per heavy atom. The lowest BCUT2D eigenvalue weighted by molar-refractivity contribution is 0.0598. The minimum atomic E-state index is -1.38. The van der Waals surface area contributed by atoms with Crippen molar-refractivity contribution in [1.82, 2.24) is 4.90 Å². The number of fused-ring (bicyclic) bond motifs is 3. The number of carbonyl (C=O) groups is 2. The molecule has 2 aliphatic heterocycles. The van der Waals surface area contributed by atoms with Gasteiger partial charge in [0.1, 0.15) is 5.67 Å². The quantitative estimate of drug-likeness (QED) is 0.563. The summed E-state index contributed by atoms with van der Waals surface area (Å²) in [5.41, 5.74) is 1.69. The average molecular weight is 468 g/mol. The first-order valence-corrected chi connectivity index (χ1v) is 11.8. The molecular weight excluding hydrogens is 437 g/mol. The summed E-state index contributed by atoms with van der Waals surface area (Å²) < 4.78 is 31.9. The number of alkyl halides is 1. The number of Topliss-reactive ketones (excluding diaryl/α,β-unsaturated/α-hetero) is 1. The van der Waals surface area contributed by atoms with E-state index in [0.717, 1.165) is 24.0 Å². The Balaban J connectivity index is 1.30. The molecule has 0 radical (unpaired) electrons. The zero-order valence-electron chi connectivity index (χ0n) is 19.8. The second-order valence-corrected chi connectivity index (χ2v) is 9.68. The van der Waals surface area contributed by atoms with Crippen LogP contribution in [0.4, 0.5) is 4.39 Å². The fraction of sp³-hybridized carbons (Fsp3) is 0.481. The number of ether oxygens (including phenoxy) is 3. The third kappa shape index (κ3) is 3.76. The van der Waals surface area contributed by atoms with E-state index in [4.69, 9.17) is 14.2 Å². The van der Waals surface area contributed by atoms with Gasteiger partial charge in [0.25, 0.3) is 0 Å². The Labute approximate surface area is 199 Å². The summed E-state index contributed by atoms with van der Waals surface area (Å²) in [4.78, 5) is 27.1. The van der Waals surface area contributed by atoms with E-state index in [0.29, 0.717) is 42.0 Å². The second-order valence-electron chi connectivity index (χ2n) is 9.68. The van der Waals surface area contributed by atoms with E-state index in [1.165, 1.54) is 7.11 Å². The molecule has 2 aromatic rings. The number of hydrogen-bond donors (Lipinski definition) is 0. The third-order valence-electron chi connectivity index (χ3n) is 7.85. The first-order valence-electron chi connectivity index (χ1n) is 11.8. The van der Waals surface area contributed by atoms with Crippen molar-refractivity contribution in [3.63, 3.8) is 0 Å². The van der Waals surface area contributed by atoms with E-state index >= 15 is 4.39 Å². The van der Waals surface area contributed by atoms with E-state index in [1.54, 1.807) is 32.4 Å². The van der Waals surface area contributed by atoms with Crippen molar-refractivity contribution in [2.75, 3.05) is 21.3 Å². The molecule has 2 saturated heterocycles. The maximum absolute atomic E-state index is 16.4. The number of benzene rings is 2. The molecule has 3 aliphatic rings. The molecule has 2 bridgehead atoms. The van der Waals surface area contributed by atoms with Gasteiger partial charge in [0.2, 0.25) is 0 Å². The summed E-state index contributed by atoms with van der Waals surface area (Å²) in [6, 6.07) is 10.9. The fourth-order valence-corrected chi connectivity index (χ4v) is 6.24. The highest BCUT2D eigenvalue weighted by atomic mass is 19.1. The molecule has 7 heteroatoms. The Kier molecular flexibility index (Phi) is 5.84. The summed E-state index contributed by atoms with van der Waals surface area (Å²) in [5, 5.41) is 0. The van der Waals surface area contributed by atoms with Crippen molar-refractivity contribution in [2.24, 2.45) is 5.92 Å². The number of ketones is 1. The van der Waals surface area contributed by atoms with Gasteiger partial charge < -0.3 is 14.2 Å². The number of halogens is 1. The maximum Gasteiger partial charge on any atom is 0.337 e. The van der Waals surface area contributed by atoms with Gasteiger partial charge in [-0.2, -0.15) is 0 Å². The number of esters is 1. The van der Waals surface area contributed by atoms with Gasteiger partial charge in [0, 0.05) is 30.1 Å². The molecule has 2 aromatic carbocycles. The molecule has 2 heterocycles. The summed E-state index contributed by atoms with van der Waals surface area (Å²) in [6.07, 6.45) is 3.02. The van der Waals surface area contributed by atoms with Crippen LogP contribution < -0.4 is 9.47 Å². The van der Waals surface area contributed by atoms with E-state index in [-0.39, 0.29) is 36.2 Å². The van der Waals surface area contributed by atoms with Crippen LogP contribution in [0.2, 0.25) is 0 Å². The molecule has 6 nitrogen and oxygen atoms in total. The van der Waals surface area contributed by atoms with Crippen molar-refractivity contribution < 1.29 is 28.2 Å². The Bertz CT molecular complexity index is 1120. The molecule has 4 unspecified atom stereocenters. The van der Waals surface area contributed by atoms with Gasteiger partial charge in [-0.3, -0.25) is 9.69 Å². The van der Waals surface area contributed by atoms with E-state index in [1.807, 2.05) is 18.2 Å². The van der Waals surface area contributed by atoms with Crippen LogP contribution in [0.3, 0.4) is 0 Å². The van der Waals surface area contributed by atoms with Crippen LogP contribution in [0.15, 0.2) is 36.4 Å². The first-order chi connectivity index (χ1) is 16.4. The summed E-state index contributed by atoms with van der Waals surface area (Å²) >= 11 is 0. The number of methoxy groups -OCH3 is 3. The second kappa shape index (κ2) is 8.69. The smallest absolute Gasteiger partial charge is 0.337 e. The van der Waals surface area contributed by atoms with Crippen LogP contribution in [0.5, 0.6) is 11.5 Å². The first kappa shape index (κ1) is 22.8. The van der Waals surface area contributed by atoms with Crippen molar-refractivity contribution in [1.29, 1.82) is 0 Å². The number of rotatable bonds is 7. The highest BCUT2D eigenvalue weighted by Gasteiger charge is 2.57. The molecule has 2 fully saturated rings. The van der Waals surface area contributed by atoms with Gasteiger partial charge in [-0.15, -0.1) is 0 Å². The largest absolute Gasteiger partial charge is 0.493 e. The lowest BCUT2D eigenvalue weighted by Gasteiger charge is -2.32. The van der Waals surface area contributed by atoms with Crippen LogP contribution in [0, 0.1) is 5.92 Å². The molecule has 180 valence electrons. The zero-order chi connectivity index (χ0) is 24.0. The average Bonchev–Trinajstić information content (AvgIpc) is 3.46. The van der Waals surface area contributed by atoms with E-state index < -0.39 is 5.67 Å².